The first-order valence-electron chi connectivity index (χ1n) is 4.21. The van der Waals surface area contributed by atoms with Gasteiger partial charge in [0.15, 0.2) is 0 Å². The van der Waals surface area contributed by atoms with Crippen LogP contribution in [0.1, 0.15) is 5.69 Å². The Labute approximate surface area is 99.7 Å². The van der Waals surface area contributed by atoms with Gasteiger partial charge in [-0.1, -0.05) is 0 Å². The third kappa shape index (κ3) is 3.09. The second kappa shape index (κ2) is 5.95. The number of nitrogens with one attached hydrogen (secondary N) is 1. The van der Waals surface area contributed by atoms with E-state index in [1.807, 2.05) is 6.07 Å². The minimum Gasteiger partial charge on any atom is -0.481 e. The predicted octanol–water partition coefficient (Wildman–Crippen LogP) is 0.531. The first-order valence-corrected chi connectivity index (χ1v) is 4.21. The van der Waals surface area contributed by atoms with Crippen LogP contribution in [-0.4, -0.2) is 27.4 Å². The highest BCUT2D eigenvalue weighted by atomic mass is 35.5. The summed E-state index contributed by atoms with van der Waals surface area (Å²) in [6.45, 7) is 1.67. The molecule has 7 heteroatoms. The number of aromatic nitrogens is 2. The van der Waals surface area contributed by atoms with E-state index in [0.29, 0.717) is 19.6 Å². The molecule has 0 saturated carbocycles. The quantitative estimate of drug-likeness (QED) is 0.767. The Morgan fingerprint density at radius 1 is 1.60 bits per heavy atom. The van der Waals surface area contributed by atoms with E-state index in [-0.39, 0.29) is 30.7 Å². The van der Waals surface area contributed by atoms with Crippen LogP contribution in [0.2, 0.25) is 0 Å². The van der Waals surface area contributed by atoms with E-state index in [4.69, 9.17) is 5.11 Å². The van der Waals surface area contributed by atoms with Gasteiger partial charge in [0.25, 0.3) is 0 Å². The van der Waals surface area contributed by atoms with Gasteiger partial charge in [0.05, 0.1) is 18.2 Å². The molecule has 1 unspecified atom stereocenters. The maximum Gasteiger partial charge on any atom is 0.309 e. The van der Waals surface area contributed by atoms with Gasteiger partial charge >= 0.3 is 5.97 Å². The van der Waals surface area contributed by atoms with Crippen LogP contribution in [0.25, 0.3) is 0 Å². The highest BCUT2D eigenvalue weighted by molar-refractivity contribution is 5.85. The number of fused-ring (bicyclic) bond motifs is 1. The fourth-order valence-electron chi connectivity index (χ4n) is 1.49. The maximum atomic E-state index is 10.8. The summed E-state index contributed by atoms with van der Waals surface area (Å²) in [6.07, 6.45) is 1.70. The number of aliphatic carboxylic acids is 1. The standard InChI is InChI=1S/C8H11N3O2.2ClH/c12-8(13)6-3-9-4-7-1-2-10-11(7)5-6;;/h1-2,6,9H,3-5H2,(H,12,13);2*1H. The number of hydrogen-bond acceptors (Lipinski definition) is 3. The van der Waals surface area contributed by atoms with Crippen LogP contribution in [0.4, 0.5) is 0 Å². The van der Waals surface area contributed by atoms with Crippen LogP contribution in [0.5, 0.6) is 0 Å². The summed E-state index contributed by atoms with van der Waals surface area (Å²) in [7, 11) is 0. The molecule has 0 amide bonds. The molecule has 0 spiro atoms. The van der Waals surface area contributed by atoms with Crippen LogP contribution in [0, 0.1) is 5.92 Å². The molecular formula is C8H13Cl2N3O2. The summed E-state index contributed by atoms with van der Waals surface area (Å²) in [5.41, 5.74) is 1.05. The van der Waals surface area contributed by atoms with E-state index in [1.165, 1.54) is 0 Å². The third-order valence-electron chi connectivity index (χ3n) is 2.24. The van der Waals surface area contributed by atoms with Crippen molar-refractivity contribution in [2.45, 2.75) is 13.1 Å². The largest absolute Gasteiger partial charge is 0.481 e. The molecule has 0 fully saturated rings. The number of rotatable bonds is 1. The zero-order valence-electron chi connectivity index (χ0n) is 7.92. The van der Waals surface area contributed by atoms with Gasteiger partial charge in [-0.25, -0.2) is 0 Å². The summed E-state index contributed by atoms with van der Waals surface area (Å²) in [5.74, 6) is -1.14. The number of carboxylic acids is 1. The topological polar surface area (TPSA) is 67.2 Å². The first kappa shape index (κ1) is 14.2. The fraction of sp³-hybridized carbons (Fsp3) is 0.500. The lowest BCUT2D eigenvalue weighted by Crippen LogP contribution is -2.28. The number of carbonyl (C=O) groups is 1. The molecule has 0 saturated heterocycles. The molecule has 2 rings (SSSR count). The molecule has 5 nitrogen and oxygen atoms in total. The van der Waals surface area contributed by atoms with Gasteiger partial charge in [0.2, 0.25) is 0 Å². The lowest BCUT2D eigenvalue weighted by atomic mass is 10.1. The molecular weight excluding hydrogens is 241 g/mol. The molecule has 0 aromatic carbocycles. The summed E-state index contributed by atoms with van der Waals surface area (Å²) in [4.78, 5) is 10.8. The second-order valence-corrected chi connectivity index (χ2v) is 3.17. The average molecular weight is 254 g/mol. The minimum absolute atomic E-state index is 0. The molecule has 1 aliphatic rings. The molecule has 2 N–H and O–H groups in total. The molecule has 1 aliphatic heterocycles. The van der Waals surface area contributed by atoms with Crippen LogP contribution < -0.4 is 5.32 Å². The lowest BCUT2D eigenvalue weighted by molar-refractivity contribution is -0.142. The minimum atomic E-state index is -0.768. The van der Waals surface area contributed by atoms with E-state index in [1.54, 1.807) is 10.9 Å². The Bertz CT molecular complexity index is 329. The van der Waals surface area contributed by atoms with Crippen LogP contribution >= 0.6 is 24.8 Å². The number of halogens is 2. The van der Waals surface area contributed by atoms with E-state index in [0.717, 1.165) is 5.69 Å². The van der Waals surface area contributed by atoms with E-state index in [9.17, 15) is 4.79 Å². The van der Waals surface area contributed by atoms with Crippen molar-refractivity contribution in [1.29, 1.82) is 0 Å². The molecule has 0 aliphatic carbocycles. The van der Waals surface area contributed by atoms with Crippen molar-refractivity contribution in [2.24, 2.45) is 5.92 Å². The number of hydrogen-bond donors (Lipinski definition) is 2. The molecule has 86 valence electrons. The summed E-state index contributed by atoms with van der Waals surface area (Å²) in [6, 6.07) is 1.90. The van der Waals surface area contributed by atoms with Crippen molar-refractivity contribution < 1.29 is 9.90 Å². The lowest BCUT2D eigenvalue weighted by Gasteiger charge is -2.08. The van der Waals surface area contributed by atoms with Gasteiger partial charge in [0, 0.05) is 19.3 Å². The van der Waals surface area contributed by atoms with Crippen molar-refractivity contribution in [3.63, 3.8) is 0 Å². The van der Waals surface area contributed by atoms with Crippen molar-refractivity contribution in [1.82, 2.24) is 15.1 Å². The molecule has 1 atom stereocenters. The normalized spacial score (nSPS) is 19.1. The molecule has 1 aromatic heterocycles. The number of nitrogens with zero attached hydrogens (tertiary/aromatic N) is 2. The molecule has 1 aromatic rings. The summed E-state index contributed by atoms with van der Waals surface area (Å²) in [5, 5.41) is 16.0. The fourth-order valence-corrected chi connectivity index (χ4v) is 1.49. The maximum absolute atomic E-state index is 10.8. The summed E-state index contributed by atoms with van der Waals surface area (Å²) < 4.78 is 1.75. The van der Waals surface area contributed by atoms with Gasteiger partial charge in [-0.2, -0.15) is 5.10 Å². The molecule has 15 heavy (non-hydrogen) atoms. The summed E-state index contributed by atoms with van der Waals surface area (Å²) >= 11 is 0. The van der Waals surface area contributed by atoms with Gasteiger partial charge in [-0.15, -0.1) is 24.8 Å². The van der Waals surface area contributed by atoms with Crippen molar-refractivity contribution in [3.8, 4) is 0 Å². The van der Waals surface area contributed by atoms with Crippen molar-refractivity contribution in [2.75, 3.05) is 6.54 Å². The van der Waals surface area contributed by atoms with Crippen molar-refractivity contribution >= 4 is 30.8 Å². The predicted molar refractivity (Wildman–Crippen MR) is 59.6 cm³/mol. The van der Waals surface area contributed by atoms with Crippen LogP contribution in [0.3, 0.4) is 0 Å². The van der Waals surface area contributed by atoms with Gasteiger partial charge < -0.3 is 10.4 Å². The Balaban J connectivity index is 0.000000980. The Morgan fingerprint density at radius 3 is 3.00 bits per heavy atom. The zero-order chi connectivity index (χ0) is 9.26. The Kier molecular flexibility index (Phi) is 5.64. The first-order chi connectivity index (χ1) is 6.27. The smallest absolute Gasteiger partial charge is 0.309 e. The highest BCUT2D eigenvalue weighted by Crippen LogP contribution is 2.08. The van der Waals surface area contributed by atoms with E-state index >= 15 is 0 Å². The van der Waals surface area contributed by atoms with E-state index in [2.05, 4.69) is 10.4 Å². The Hall–Kier alpha value is -0.780. The monoisotopic (exact) mass is 253 g/mol. The highest BCUT2D eigenvalue weighted by Gasteiger charge is 2.21. The van der Waals surface area contributed by atoms with Gasteiger partial charge in [0.1, 0.15) is 0 Å². The third-order valence-corrected chi connectivity index (χ3v) is 2.24. The van der Waals surface area contributed by atoms with Gasteiger partial charge in [-0.3, -0.25) is 9.48 Å². The average Bonchev–Trinajstić information content (AvgIpc) is 2.42. The van der Waals surface area contributed by atoms with Crippen molar-refractivity contribution in [3.05, 3.63) is 18.0 Å². The van der Waals surface area contributed by atoms with E-state index < -0.39 is 5.97 Å². The molecule has 2 heterocycles. The van der Waals surface area contributed by atoms with Crippen LogP contribution in [0.15, 0.2) is 12.3 Å². The Morgan fingerprint density at radius 2 is 2.33 bits per heavy atom. The number of carboxylic acid groups (broad SMARTS) is 1. The van der Waals surface area contributed by atoms with Crippen LogP contribution in [-0.2, 0) is 17.9 Å². The molecule has 0 radical (unpaired) electrons. The zero-order valence-corrected chi connectivity index (χ0v) is 9.55. The van der Waals surface area contributed by atoms with Gasteiger partial charge in [-0.05, 0) is 6.07 Å². The second-order valence-electron chi connectivity index (χ2n) is 3.17. The SMILES string of the molecule is Cl.Cl.O=C(O)C1CNCc2ccnn2C1. The molecule has 0 bridgehead atoms.